The van der Waals surface area contributed by atoms with Crippen molar-refractivity contribution in [1.82, 2.24) is 24.6 Å². The highest BCUT2D eigenvalue weighted by Gasteiger charge is 2.51. The molecular formula is C30H39BrN6O7. The van der Waals surface area contributed by atoms with Crippen LogP contribution in [0.2, 0.25) is 0 Å². The third kappa shape index (κ3) is 6.71. The van der Waals surface area contributed by atoms with E-state index < -0.39 is 23.3 Å². The van der Waals surface area contributed by atoms with E-state index in [-0.39, 0.29) is 25.2 Å². The molecule has 0 bridgehead atoms. The number of fused-ring (bicyclic) bond motifs is 1. The maximum atomic E-state index is 13.4. The van der Waals surface area contributed by atoms with Gasteiger partial charge in [-0.2, -0.15) is 0 Å². The summed E-state index contributed by atoms with van der Waals surface area (Å²) in [4.78, 5) is 36.7. The van der Waals surface area contributed by atoms with Crippen LogP contribution in [0.15, 0.2) is 35.2 Å². The van der Waals surface area contributed by atoms with Gasteiger partial charge in [0.05, 0.1) is 40.5 Å². The van der Waals surface area contributed by atoms with Crippen molar-refractivity contribution in [3.63, 3.8) is 0 Å². The van der Waals surface area contributed by atoms with Gasteiger partial charge in [-0.1, -0.05) is 0 Å². The van der Waals surface area contributed by atoms with Gasteiger partial charge in [-0.05, 0) is 61.7 Å². The van der Waals surface area contributed by atoms with Crippen LogP contribution < -0.4 is 20.1 Å². The number of ether oxygens (including phenoxy) is 5. The molecule has 2 aromatic heterocycles. The van der Waals surface area contributed by atoms with Gasteiger partial charge in [0.15, 0.2) is 5.82 Å². The zero-order valence-electron chi connectivity index (χ0n) is 25.8. The molecule has 44 heavy (non-hydrogen) atoms. The SMILES string of the molecule is COC(=O)C1(NCC2COC(c3nc(Br)c4c(NCc5ccc(OC)cc5OC)nccn34)CN2C(=O)OC(C)(C)C)CC1. The van der Waals surface area contributed by atoms with Crippen LogP contribution in [0.25, 0.3) is 5.52 Å². The molecule has 5 rings (SSSR count). The minimum atomic E-state index is -0.707. The molecule has 3 aromatic rings. The van der Waals surface area contributed by atoms with E-state index in [1.807, 2.05) is 49.6 Å². The summed E-state index contributed by atoms with van der Waals surface area (Å²) in [5.74, 6) is 2.31. The number of anilines is 1. The monoisotopic (exact) mass is 674 g/mol. The number of nitrogens with one attached hydrogen (secondary N) is 2. The van der Waals surface area contributed by atoms with Crippen molar-refractivity contribution >= 4 is 39.3 Å². The predicted molar refractivity (Wildman–Crippen MR) is 165 cm³/mol. The topological polar surface area (TPSA) is 138 Å². The van der Waals surface area contributed by atoms with Crippen LogP contribution in [0.1, 0.15) is 51.1 Å². The Hall–Kier alpha value is -3.62. The Morgan fingerprint density at radius 3 is 2.61 bits per heavy atom. The number of aromatic nitrogens is 3. The number of hydrogen-bond donors (Lipinski definition) is 2. The number of rotatable bonds is 10. The molecule has 1 saturated heterocycles. The fourth-order valence-electron chi connectivity index (χ4n) is 5.21. The van der Waals surface area contributed by atoms with E-state index in [0.717, 1.165) is 11.1 Å². The van der Waals surface area contributed by atoms with Gasteiger partial charge in [0.2, 0.25) is 0 Å². The lowest BCUT2D eigenvalue weighted by atomic mass is 10.1. The molecule has 1 aromatic carbocycles. The third-order valence-electron chi connectivity index (χ3n) is 7.69. The number of methoxy groups -OCH3 is 3. The Kier molecular flexibility index (Phi) is 9.23. The van der Waals surface area contributed by atoms with Crippen LogP contribution in [0, 0.1) is 0 Å². The highest BCUT2D eigenvalue weighted by molar-refractivity contribution is 9.10. The van der Waals surface area contributed by atoms with Crippen molar-refractivity contribution in [3.05, 3.63) is 46.6 Å². The third-order valence-corrected chi connectivity index (χ3v) is 8.24. The maximum absolute atomic E-state index is 13.4. The van der Waals surface area contributed by atoms with Crippen molar-refractivity contribution in [2.24, 2.45) is 0 Å². The number of benzene rings is 1. The second kappa shape index (κ2) is 12.8. The molecule has 3 heterocycles. The Morgan fingerprint density at radius 2 is 1.95 bits per heavy atom. The molecule has 2 fully saturated rings. The summed E-state index contributed by atoms with van der Waals surface area (Å²) in [6, 6.07) is 5.28. The summed E-state index contributed by atoms with van der Waals surface area (Å²) in [5.41, 5.74) is 0.257. The first-order chi connectivity index (χ1) is 21.0. The number of morpholine rings is 1. The van der Waals surface area contributed by atoms with E-state index in [2.05, 4.69) is 31.5 Å². The van der Waals surface area contributed by atoms with E-state index in [1.165, 1.54) is 7.11 Å². The lowest BCUT2D eigenvalue weighted by molar-refractivity contribution is -0.144. The molecule has 1 amide bonds. The normalized spacial score (nSPS) is 19.4. The van der Waals surface area contributed by atoms with Gasteiger partial charge in [0.1, 0.15) is 44.7 Å². The fraction of sp³-hybridized carbons (Fsp3) is 0.533. The van der Waals surface area contributed by atoms with Crippen molar-refractivity contribution in [3.8, 4) is 11.5 Å². The van der Waals surface area contributed by atoms with Gasteiger partial charge in [0, 0.05) is 37.1 Å². The van der Waals surface area contributed by atoms with Crippen molar-refractivity contribution in [1.29, 1.82) is 0 Å². The number of carbonyl (C=O) groups is 2. The molecule has 2 N–H and O–H groups in total. The van der Waals surface area contributed by atoms with E-state index in [0.29, 0.717) is 53.7 Å². The van der Waals surface area contributed by atoms with Gasteiger partial charge < -0.3 is 29.0 Å². The Morgan fingerprint density at radius 1 is 1.18 bits per heavy atom. The van der Waals surface area contributed by atoms with Crippen molar-refractivity contribution in [2.45, 2.75) is 63.4 Å². The minimum absolute atomic E-state index is 0.201. The summed E-state index contributed by atoms with van der Waals surface area (Å²) < 4.78 is 30.4. The Labute approximate surface area is 264 Å². The number of imidazole rings is 1. The molecule has 2 unspecified atom stereocenters. The van der Waals surface area contributed by atoms with Gasteiger partial charge in [-0.25, -0.2) is 14.8 Å². The van der Waals surface area contributed by atoms with Crippen LogP contribution in [-0.4, -0.2) is 89.5 Å². The number of esters is 1. The van der Waals surface area contributed by atoms with Gasteiger partial charge in [0.25, 0.3) is 0 Å². The summed E-state index contributed by atoms with van der Waals surface area (Å²) in [6.07, 6.45) is 3.85. The number of nitrogens with zero attached hydrogens (tertiary/aromatic N) is 4. The molecule has 14 heteroatoms. The van der Waals surface area contributed by atoms with E-state index in [9.17, 15) is 9.59 Å². The van der Waals surface area contributed by atoms with E-state index in [4.69, 9.17) is 28.7 Å². The van der Waals surface area contributed by atoms with Crippen LogP contribution in [0.5, 0.6) is 11.5 Å². The summed E-state index contributed by atoms with van der Waals surface area (Å²) in [5, 5.41) is 6.70. The average Bonchev–Trinajstić information content (AvgIpc) is 3.73. The molecule has 2 atom stereocenters. The first kappa shape index (κ1) is 31.8. The van der Waals surface area contributed by atoms with Crippen molar-refractivity contribution < 1.29 is 33.3 Å². The van der Waals surface area contributed by atoms with Gasteiger partial charge in [-0.3, -0.25) is 19.4 Å². The molecule has 1 aliphatic carbocycles. The van der Waals surface area contributed by atoms with E-state index in [1.54, 1.807) is 25.3 Å². The van der Waals surface area contributed by atoms with Crippen LogP contribution in [0.4, 0.5) is 10.6 Å². The van der Waals surface area contributed by atoms with Gasteiger partial charge >= 0.3 is 12.1 Å². The maximum Gasteiger partial charge on any atom is 0.410 e. The zero-order valence-corrected chi connectivity index (χ0v) is 27.4. The molecule has 1 aliphatic heterocycles. The summed E-state index contributed by atoms with van der Waals surface area (Å²) in [7, 11) is 4.61. The Bertz CT molecular complexity index is 1520. The fourth-order valence-corrected chi connectivity index (χ4v) is 5.77. The quantitative estimate of drug-likeness (QED) is 0.301. The lowest BCUT2D eigenvalue weighted by Crippen LogP contribution is -2.57. The summed E-state index contributed by atoms with van der Waals surface area (Å²) >= 11 is 3.61. The Balaban J connectivity index is 1.37. The molecule has 0 spiro atoms. The number of amides is 1. The standard InChI is InChI=1S/C30H39BrN6O7/c1-29(2,3)44-28(39)37-16-22(43-17-19(37)15-34-30(9-10-30)27(38)42-6)26-35-24(31)23-25(32-11-12-36(23)26)33-14-18-7-8-20(40-4)13-21(18)41-5/h7-8,11-13,19,22,34H,9-10,14-17H2,1-6H3,(H,32,33). The smallest absolute Gasteiger partial charge is 0.410 e. The van der Waals surface area contributed by atoms with Crippen molar-refractivity contribution in [2.75, 3.05) is 46.3 Å². The predicted octanol–water partition coefficient (Wildman–Crippen LogP) is 4.09. The number of halogens is 1. The average molecular weight is 676 g/mol. The molecular weight excluding hydrogens is 636 g/mol. The first-order valence-electron chi connectivity index (χ1n) is 14.4. The van der Waals surface area contributed by atoms with E-state index >= 15 is 0 Å². The minimum Gasteiger partial charge on any atom is -0.497 e. The van der Waals surface area contributed by atoms with Crippen LogP contribution in [-0.2, 0) is 25.5 Å². The first-order valence-corrected chi connectivity index (χ1v) is 15.2. The van der Waals surface area contributed by atoms with Crippen LogP contribution in [0.3, 0.4) is 0 Å². The molecule has 2 aliphatic rings. The molecule has 1 saturated carbocycles. The second-order valence-electron chi connectivity index (χ2n) is 11.8. The largest absolute Gasteiger partial charge is 0.497 e. The van der Waals surface area contributed by atoms with Crippen LogP contribution >= 0.6 is 15.9 Å². The lowest BCUT2D eigenvalue weighted by Gasteiger charge is -2.40. The molecule has 238 valence electrons. The number of hydrogen-bond acceptors (Lipinski definition) is 11. The highest BCUT2D eigenvalue weighted by atomic mass is 79.9. The number of carbonyl (C=O) groups excluding carboxylic acids is 2. The highest BCUT2D eigenvalue weighted by Crippen LogP contribution is 2.37. The molecule has 13 nitrogen and oxygen atoms in total. The molecule has 0 radical (unpaired) electrons. The van der Waals surface area contributed by atoms with Gasteiger partial charge in [-0.15, -0.1) is 0 Å². The second-order valence-corrected chi connectivity index (χ2v) is 12.6. The zero-order chi connectivity index (χ0) is 31.6. The summed E-state index contributed by atoms with van der Waals surface area (Å²) in [6.45, 7) is 6.69.